The van der Waals surface area contributed by atoms with Gasteiger partial charge in [-0.15, -0.1) is 0 Å². The van der Waals surface area contributed by atoms with Crippen molar-refractivity contribution in [1.29, 1.82) is 0 Å². The summed E-state index contributed by atoms with van der Waals surface area (Å²) < 4.78 is 5.19. The highest BCUT2D eigenvalue weighted by molar-refractivity contribution is 5.96. The third-order valence-corrected chi connectivity index (χ3v) is 2.95. The smallest absolute Gasteiger partial charge is 0.257 e. The molecule has 1 heterocycles. The van der Waals surface area contributed by atoms with E-state index in [1.807, 2.05) is 20.8 Å². The van der Waals surface area contributed by atoms with Crippen LogP contribution >= 0.6 is 0 Å². The average Bonchev–Trinajstić information content (AvgIpc) is 2.70. The van der Waals surface area contributed by atoms with Crippen molar-refractivity contribution in [3.05, 3.63) is 17.0 Å². The molecule has 0 aromatic carbocycles. The fourth-order valence-electron chi connectivity index (χ4n) is 1.85. The Morgan fingerprint density at radius 3 is 2.67 bits per heavy atom. The van der Waals surface area contributed by atoms with Gasteiger partial charge in [-0.05, 0) is 19.8 Å². The lowest BCUT2D eigenvalue weighted by molar-refractivity contribution is 0.0926. The molecule has 1 amide bonds. The number of aryl methyl sites for hydroxylation is 1. The van der Waals surface area contributed by atoms with Crippen LogP contribution in [-0.4, -0.2) is 28.8 Å². The molecule has 0 aliphatic carbocycles. The van der Waals surface area contributed by atoms with Gasteiger partial charge in [0.15, 0.2) is 5.76 Å². The monoisotopic (exact) mass is 254 g/mol. The van der Waals surface area contributed by atoms with Gasteiger partial charge in [0, 0.05) is 18.6 Å². The number of aliphatic hydroxyl groups excluding tert-OH is 1. The minimum atomic E-state index is -0.169. The maximum absolute atomic E-state index is 12.2. The standard InChI is InChI=1S/C13H22N2O3/c1-5-10(6-7-16)14-13(17)11-9(4)15-18-12(11)8(2)3/h8,10,16H,5-7H2,1-4H3,(H,14,17). The van der Waals surface area contributed by atoms with Gasteiger partial charge in [-0.1, -0.05) is 25.9 Å². The summed E-state index contributed by atoms with van der Waals surface area (Å²) in [5.41, 5.74) is 1.14. The molecular weight excluding hydrogens is 232 g/mol. The number of aromatic nitrogens is 1. The number of nitrogens with one attached hydrogen (secondary N) is 1. The predicted octanol–water partition coefficient (Wildman–Crippen LogP) is 2.00. The van der Waals surface area contributed by atoms with E-state index in [0.717, 1.165) is 6.42 Å². The van der Waals surface area contributed by atoms with Crippen molar-refractivity contribution < 1.29 is 14.4 Å². The number of aliphatic hydroxyl groups is 1. The molecule has 5 nitrogen and oxygen atoms in total. The van der Waals surface area contributed by atoms with Crippen molar-refractivity contribution in [3.63, 3.8) is 0 Å². The van der Waals surface area contributed by atoms with E-state index in [1.54, 1.807) is 6.92 Å². The van der Waals surface area contributed by atoms with Crippen LogP contribution in [0.3, 0.4) is 0 Å². The van der Waals surface area contributed by atoms with Crippen LogP contribution in [0.5, 0.6) is 0 Å². The molecule has 0 radical (unpaired) electrons. The Bertz CT molecular complexity index is 399. The fraction of sp³-hybridized carbons (Fsp3) is 0.692. The molecule has 102 valence electrons. The summed E-state index contributed by atoms with van der Waals surface area (Å²) >= 11 is 0. The number of hydrogen-bond donors (Lipinski definition) is 2. The largest absolute Gasteiger partial charge is 0.396 e. The minimum Gasteiger partial charge on any atom is -0.396 e. The third kappa shape index (κ3) is 3.32. The van der Waals surface area contributed by atoms with Gasteiger partial charge < -0.3 is 14.9 Å². The van der Waals surface area contributed by atoms with Gasteiger partial charge in [-0.25, -0.2) is 0 Å². The highest BCUT2D eigenvalue weighted by Gasteiger charge is 2.23. The van der Waals surface area contributed by atoms with Crippen molar-refractivity contribution in [1.82, 2.24) is 10.5 Å². The average molecular weight is 254 g/mol. The SMILES string of the molecule is CCC(CCO)NC(=O)c1c(C)noc1C(C)C. The van der Waals surface area contributed by atoms with E-state index in [-0.39, 0.29) is 24.5 Å². The van der Waals surface area contributed by atoms with Gasteiger partial charge in [-0.3, -0.25) is 4.79 Å². The molecule has 0 aliphatic rings. The molecule has 1 atom stereocenters. The second-order valence-corrected chi connectivity index (χ2v) is 4.75. The van der Waals surface area contributed by atoms with E-state index in [2.05, 4.69) is 10.5 Å². The lowest BCUT2D eigenvalue weighted by Gasteiger charge is -2.16. The van der Waals surface area contributed by atoms with Gasteiger partial charge in [0.25, 0.3) is 5.91 Å². The number of nitrogens with zero attached hydrogens (tertiary/aromatic N) is 1. The molecule has 0 fully saturated rings. The van der Waals surface area contributed by atoms with Crippen molar-refractivity contribution in [2.24, 2.45) is 0 Å². The first-order valence-electron chi connectivity index (χ1n) is 6.39. The van der Waals surface area contributed by atoms with E-state index in [1.165, 1.54) is 0 Å². The zero-order valence-corrected chi connectivity index (χ0v) is 11.5. The second-order valence-electron chi connectivity index (χ2n) is 4.75. The van der Waals surface area contributed by atoms with E-state index < -0.39 is 0 Å². The van der Waals surface area contributed by atoms with E-state index >= 15 is 0 Å². The molecule has 2 N–H and O–H groups in total. The van der Waals surface area contributed by atoms with Gasteiger partial charge >= 0.3 is 0 Å². The first-order valence-corrected chi connectivity index (χ1v) is 6.39. The van der Waals surface area contributed by atoms with Gasteiger partial charge in [0.05, 0.1) is 5.69 Å². The molecular formula is C13H22N2O3. The predicted molar refractivity (Wildman–Crippen MR) is 68.6 cm³/mol. The molecule has 5 heteroatoms. The Morgan fingerprint density at radius 2 is 2.17 bits per heavy atom. The lowest BCUT2D eigenvalue weighted by atomic mass is 10.0. The normalized spacial score (nSPS) is 12.8. The summed E-state index contributed by atoms with van der Waals surface area (Å²) in [5.74, 6) is 0.562. The van der Waals surface area contributed by atoms with Gasteiger partial charge in [0.2, 0.25) is 0 Å². The minimum absolute atomic E-state index is 0.0168. The summed E-state index contributed by atoms with van der Waals surface area (Å²) in [5, 5.41) is 15.7. The van der Waals surface area contributed by atoms with Crippen molar-refractivity contribution >= 4 is 5.91 Å². The van der Waals surface area contributed by atoms with Crippen LogP contribution in [0.15, 0.2) is 4.52 Å². The van der Waals surface area contributed by atoms with Crippen LogP contribution < -0.4 is 5.32 Å². The Hall–Kier alpha value is -1.36. The number of amides is 1. The molecule has 18 heavy (non-hydrogen) atoms. The number of hydrogen-bond acceptors (Lipinski definition) is 4. The summed E-state index contributed by atoms with van der Waals surface area (Å²) in [6.45, 7) is 7.73. The van der Waals surface area contributed by atoms with E-state index in [4.69, 9.17) is 9.63 Å². The molecule has 0 spiro atoms. The topological polar surface area (TPSA) is 75.4 Å². The first-order chi connectivity index (χ1) is 8.51. The summed E-state index contributed by atoms with van der Waals surface area (Å²) in [7, 11) is 0. The summed E-state index contributed by atoms with van der Waals surface area (Å²) in [4.78, 5) is 12.2. The van der Waals surface area contributed by atoms with Crippen LogP contribution in [-0.2, 0) is 0 Å². The van der Waals surface area contributed by atoms with Crippen molar-refractivity contribution in [2.75, 3.05) is 6.61 Å². The van der Waals surface area contributed by atoms with Crippen LogP contribution in [0.2, 0.25) is 0 Å². The Labute approximate surface area is 108 Å². The van der Waals surface area contributed by atoms with E-state index in [0.29, 0.717) is 23.4 Å². The van der Waals surface area contributed by atoms with Crippen LogP contribution in [0.1, 0.15) is 61.3 Å². The molecule has 0 saturated carbocycles. The Kier molecular flexibility index (Phi) is 5.34. The molecule has 0 aliphatic heterocycles. The number of carbonyl (C=O) groups is 1. The zero-order valence-electron chi connectivity index (χ0n) is 11.5. The quantitative estimate of drug-likeness (QED) is 0.814. The molecule has 1 rings (SSSR count). The highest BCUT2D eigenvalue weighted by atomic mass is 16.5. The van der Waals surface area contributed by atoms with E-state index in [9.17, 15) is 4.79 Å². The second kappa shape index (κ2) is 6.54. The maximum atomic E-state index is 12.2. The Balaban J connectivity index is 2.86. The first kappa shape index (κ1) is 14.7. The van der Waals surface area contributed by atoms with Crippen molar-refractivity contribution in [2.45, 2.75) is 52.5 Å². The van der Waals surface area contributed by atoms with Crippen LogP contribution in [0, 0.1) is 6.92 Å². The van der Waals surface area contributed by atoms with Gasteiger partial charge in [0.1, 0.15) is 5.56 Å². The lowest BCUT2D eigenvalue weighted by Crippen LogP contribution is -2.35. The van der Waals surface area contributed by atoms with Crippen LogP contribution in [0.4, 0.5) is 0 Å². The Morgan fingerprint density at radius 1 is 1.50 bits per heavy atom. The molecule has 0 saturated heterocycles. The van der Waals surface area contributed by atoms with Crippen molar-refractivity contribution in [3.8, 4) is 0 Å². The maximum Gasteiger partial charge on any atom is 0.257 e. The summed E-state index contributed by atoms with van der Waals surface area (Å²) in [6, 6.07) is -0.0168. The van der Waals surface area contributed by atoms with Crippen LogP contribution in [0.25, 0.3) is 0 Å². The number of carbonyl (C=O) groups excluding carboxylic acids is 1. The third-order valence-electron chi connectivity index (χ3n) is 2.95. The highest BCUT2D eigenvalue weighted by Crippen LogP contribution is 2.22. The number of rotatable bonds is 6. The molecule has 0 bridgehead atoms. The molecule has 1 unspecified atom stereocenters. The zero-order chi connectivity index (χ0) is 13.7. The summed E-state index contributed by atoms with van der Waals surface area (Å²) in [6.07, 6.45) is 1.34. The molecule has 1 aromatic rings. The fourth-order valence-corrected chi connectivity index (χ4v) is 1.85. The molecule has 1 aromatic heterocycles. The van der Waals surface area contributed by atoms with Gasteiger partial charge in [-0.2, -0.15) is 0 Å².